The molecule has 0 spiro atoms. The van der Waals surface area contributed by atoms with Crippen molar-refractivity contribution in [3.8, 4) is 5.75 Å². The lowest BCUT2D eigenvalue weighted by Crippen LogP contribution is -2.34. The van der Waals surface area contributed by atoms with Crippen molar-refractivity contribution in [2.45, 2.75) is 20.3 Å². The van der Waals surface area contributed by atoms with Gasteiger partial charge in [-0.05, 0) is 80.1 Å². The minimum Gasteiger partial charge on any atom is -0.497 e. The number of ether oxygens (including phenoxy) is 1. The van der Waals surface area contributed by atoms with Crippen LogP contribution >= 0.6 is 11.6 Å². The summed E-state index contributed by atoms with van der Waals surface area (Å²) >= 11 is 6.20. The number of halogens is 1. The van der Waals surface area contributed by atoms with E-state index in [-0.39, 0.29) is 5.91 Å². The van der Waals surface area contributed by atoms with Crippen LogP contribution in [0.4, 0.5) is 5.69 Å². The first-order valence-corrected chi connectivity index (χ1v) is 11.5. The van der Waals surface area contributed by atoms with E-state index in [0.717, 1.165) is 78.8 Å². The highest BCUT2D eigenvalue weighted by atomic mass is 35.5. The Labute approximate surface area is 190 Å². The number of carbonyl (C=O) groups is 1. The molecular weight excluding hydrogens is 410 g/mol. The summed E-state index contributed by atoms with van der Waals surface area (Å²) in [5, 5.41) is 4.27. The molecule has 2 aromatic rings. The van der Waals surface area contributed by atoms with Gasteiger partial charge in [0.2, 0.25) is 0 Å². The summed E-state index contributed by atoms with van der Waals surface area (Å²) in [5.74, 6) is 2.13. The monoisotopic (exact) mass is 441 g/mol. The van der Waals surface area contributed by atoms with Gasteiger partial charge in [0, 0.05) is 49.0 Å². The Morgan fingerprint density at radius 1 is 1.06 bits per heavy atom. The Balaban J connectivity index is 1.22. The van der Waals surface area contributed by atoms with Crippen LogP contribution in [0.25, 0.3) is 0 Å². The van der Waals surface area contributed by atoms with E-state index < -0.39 is 0 Å². The number of anilines is 1. The maximum absolute atomic E-state index is 13.0. The number of hydrogen-bond donors (Lipinski definition) is 1. The summed E-state index contributed by atoms with van der Waals surface area (Å²) in [5.41, 5.74) is 3.95. The third-order valence-corrected chi connectivity index (χ3v) is 7.07. The number of carbonyl (C=O) groups excluding carboxylic acids is 1. The standard InChI is InChI=1S/C25H32ClN3O2/c1-17-5-6-21(12-24(17)26)27-9-4-10-28-13-19-15-29(16-20(19)14-28)25(30)23-8-7-22(31-3)11-18(23)2/h5-8,11-12,19-20,27H,4,9-10,13-16H2,1-3H3. The first-order chi connectivity index (χ1) is 14.9. The van der Waals surface area contributed by atoms with Gasteiger partial charge in [-0.1, -0.05) is 17.7 Å². The lowest BCUT2D eigenvalue weighted by atomic mass is 10.0. The Hall–Kier alpha value is -2.24. The first-order valence-electron chi connectivity index (χ1n) is 11.1. The number of hydrogen-bond acceptors (Lipinski definition) is 4. The smallest absolute Gasteiger partial charge is 0.254 e. The number of rotatable bonds is 7. The SMILES string of the molecule is COc1ccc(C(=O)N2CC3CN(CCCNc4ccc(C)c(Cl)c4)CC3C2)c(C)c1. The van der Waals surface area contributed by atoms with Crippen molar-refractivity contribution in [3.05, 3.63) is 58.1 Å². The van der Waals surface area contributed by atoms with Gasteiger partial charge in [-0.2, -0.15) is 0 Å². The number of likely N-dealkylation sites (tertiary alicyclic amines) is 2. The van der Waals surface area contributed by atoms with E-state index in [9.17, 15) is 4.79 Å². The van der Waals surface area contributed by atoms with Gasteiger partial charge in [0.1, 0.15) is 5.75 Å². The topological polar surface area (TPSA) is 44.8 Å². The van der Waals surface area contributed by atoms with Gasteiger partial charge in [-0.3, -0.25) is 4.79 Å². The molecule has 2 aliphatic rings. The first kappa shape index (κ1) is 22.0. The van der Waals surface area contributed by atoms with Crippen molar-refractivity contribution in [1.29, 1.82) is 0 Å². The van der Waals surface area contributed by atoms with Gasteiger partial charge >= 0.3 is 0 Å². The Kier molecular flexibility index (Phi) is 6.73. The Bertz CT molecular complexity index is 934. The zero-order valence-corrected chi connectivity index (χ0v) is 19.4. The molecule has 0 radical (unpaired) electrons. The molecule has 166 valence electrons. The number of benzene rings is 2. The van der Waals surface area contributed by atoms with Crippen molar-refractivity contribution in [3.63, 3.8) is 0 Å². The fourth-order valence-corrected chi connectivity index (χ4v) is 5.03. The summed E-state index contributed by atoms with van der Waals surface area (Å²) in [7, 11) is 1.65. The summed E-state index contributed by atoms with van der Waals surface area (Å²) in [6, 6.07) is 11.8. The lowest BCUT2D eigenvalue weighted by Gasteiger charge is -2.22. The molecule has 2 aliphatic heterocycles. The molecule has 0 bridgehead atoms. The number of amides is 1. The van der Waals surface area contributed by atoms with Gasteiger partial charge < -0.3 is 19.9 Å². The largest absolute Gasteiger partial charge is 0.497 e. The van der Waals surface area contributed by atoms with E-state index in [1.54, 1.807) is 7.11 Å². The molecule has 2 fully saturated rings. The normalized spacial score (nSPS) is 20.7. The van der Waals surface area contributed by atoms with E-state index in [1.165, 1.54) is 0 Å². The zero-order chi connectivity index (χ0) is 22.0. The van der Waals surface area contributed by atoms with Crippen LogP contribution in [-0.4, -0.2) is 62.1 Å². The van der Waals surface area contributed by atoms with Crippen molar-refractivity contribution >= 4 is 23.2 Å². The van der Waals surface area contributed by atoms with Crippen molar-refractivity contribution in [2.24, 2.45) is 11.8 Å². The number of nitrogens with zero attached hydrogens (tertiary/aromatic N) is 2. The van der Waals surface area contributed by atoms with Gasteiger partial charge in [-0.15, -0.1) is 0 Å². The summed E-state index contributed by atoms with van der Waals surface area (Å²) in [6.45, 7) is 9.93. The third kappa shape index (κ3) is 4.99. The summed E-state index contributed by atoms with van der Waals surface area (Å²) in [6.07, 6.45) is 1.10. The molecule has 31 heavy (non-hydrogen) atoms. The van der Waals surface area contributed by atoms with E-state index >= 15 is 0 Å². The molecule has 2 heterocycles. The average molecular weight is 442 g/mol. The average Bonchev–Trinajstić information content (AvgIpc) is 3.32. The molecule has 1 N–H and O–H groups in total. The predicted molar refractivity (Wildman–Crippen MR) is 126 cm³/mol. The maximum atomic E-state index is 13.0. The van der Waals surface area contributed by atoms with Crippen molar-refractivity contribution in [1.82, 2.24) is 9.80 Å². The molecule has 0 aromatic heterocycles. The second-order valence-corrected chi connectivity index (χ2v) is 9.32. The third-order valence-electron chi connectivity index (χ3n) is 6.67. The lowest BCUT2D eigenvalue weighted by molar-refractivity contribution is 0.0773. The quantitative estimate of drug-likeness (QED) is 0.644. The van der Waals surface area contributed by atoms with Crippen molar-refractivity contribution in [2.75, 3.05) is 51.7 Å². The van der Waals surface area contributed by atoms with Gasteiger partial charge in [-0.25, -0.2) is 0 Å². The number of methoxy groups -OCH3 is 1. The minimum absolute atomic E-state index is 0.155. The highest BCUT2D eigenvalue weighted by Gasteiger charge is 2.41. The Morgan fingerprint density at radius 2 is 1.81 bits per heavy atom. The zero-order valence-electron chi connectivity index (χ0n) is 18.7. The van der Waals surface area contributed by atoms with Crippen LogP contribution in [0.1, 0.15) is 27.9 Å². The predicted octanol–water partition coefficient (Wildman–Crippen LogP) is 4.47. The molecule has 4 rings (SSSR count). The highest BCUT2D eigenvalue weighted by molar-refractivity contribution is 6.31. The van der Waals surface area contributed by atoms with E-state index in [2.05, 4.69) is 16.3 Å². The molecule has 2 unspecified atom stereocenters. The summed E-state index contributed by atoms with van der Waals surface area (Å²) < 4.78 is 5.26. The summed E-state index contributed by atoms with van der Waals surface area (Å²) in [4.78, 5) is 17.6. The van der Waals surface area contributed by atoms with Crippen LogP contribution in [-0.2, 0) is 0 Å². The van der Waals surface area contributed by atoms with Crippen molar-refractivity contribution < 1.29 is 9.53 Å². The highest BCUT2D eigenvalue weighted by Crippen LogP contribution is 2.32. The van der Waals surface area contributed by atoms with Gasteiger partial charge in [0.25, 0.3) is 5.91 Å². The van der Waals surface area contributed by atoms with E-state index in [0.29, 0.717) is 11.8 Å². The minimum atomic E-state index is 0.155. The fourth-order valence-electron chi connectivity index (χ4n) is 4.85. The van der Waals surface area contributed by atoms with Crippen LogP contribution in [0, 0.1) is 25.7 Å². The number of nitrogens with one attached hydrogen (secondary N) is 1. The molecule has 1 amide bonds. The van der Waals surface area contributed by atoms with Crippen LogP contribution in [0.3, 0.4) is 0 Å². The van der Waals surface area contributed by atoms with Crippen LogP contribution < -0.4 is 10.1 Å². The van der Waals surface area contributed by atoms with Gasteiger partial charge in [0.15, 0.2) is 0 Å². The Morgan fingerprint density at radius 3 is 2.45 bits per heavy atom. The molecule has 0 aliphatic carbocycles. The number of fused-ring (bicyclic) bond motifs is 1. The number of aryl methyl sites for hydroxylation is 2. The molecule has 6 heteroatoms. The second-order valence-electron chi connectivity index (χ2n) is 8.92. The van der Waals surface area contributed by atoms with Gasteiger partial charge in [0.05, 0.1) is 7.11 Å². The second kappa shape index (κ2) is 9.49. The van der Waals surface area contributed by atoms with E-state index in [1.807, 2.05) is 49.1 Å². The molecular formula is C25H32ClN3O2. The fraction of sp³-hybridized carbons (Fsp3) is 0.480. The van der Waals surface area contributed by atoms with Crippen LogP contribution in [0.5, 0.6) is 5.75 Å². The molecule has 2 atom stereocenters. The maximum Gasteiger partial charge on any atom is 0.254 e. The van der Waals surface area contributed by atoms with E-state index in [4.69, 9.17) is 16.3 Å². The molecule has 2 saturated heterocycles. The molecule has 0 saturated carbocycles. The molecule has 5 nitrogen and oxygen atoms in total. The molecule has 2 aromatic carbocycles. The van der Waals surface area contributed by atoms with Crippen LogP contribution in [0.15, 0.2) is 36.4 Å². The van der Waals surface area contributed by atoms with Crippen LogP contribution in [0.2, 0.25) is 5.02 Å².